The van der Waals surface area contributed by atoms with Crippen molar-refractivity contribution in [2.45, 2.75) is 37.5 Å². The summed E-state index contributed by atoms with van der Waals surface area (Å²) in [4.78, 5) is 31.9. The van der Waals surface area contributed by atoms with Gasteiger partial charge >= 0.3 is 0 Å². The number of hydrogen-bond donors (Lipinski definition) is 2. The van der Waals surface area contributed by atoms with E-state index in [-0.39, 0.29) is 10.5 Å². The van der Waals surface area contributed by atoms with Crippen LogP contribution in [0.4, 0.5) is 5.69 Å². The van der Waals surface area contributed by atoms with E-state index >= 15 is 0 Å². The first kappa shape index (κ1) is 19.7. The number of aromatic nitrogens is 2. The molecule has 8 nitrogen and oxygen atoms in total. The van der Waals surface area contributed by atoms with Crippen LogP contribution in [0.2, 0.25) is 0 Å². The summed E-state index contributed by atoms with van der Waals surface area (Å²) in [6.07, 6.45) is 5.11. The average molecular weight is 433 g/mol. The Morgan fingerprint density at radius 3 is 2.76 bits per heavy atom. The van der Waals surface area contributed by atoms with E-state index in [1.165, 1.54) is 36.7 Å². The molecule has 1 amide bonds. The summed E-state index contributed by atoms with van der Waals surface area (Å²) in [6, 6.07) is 4.43. The number of carbonyl (C=O) groups excluding carboxylic acids is 1. The van der Waals surface area contributed by atoms with Crippen molar-refractivity contribution < 1.29 is 13.2 Å². The molecule has 2 aromatic heterocycles. The third-order valence-electron chi connectivity index (χ3n) is 5.08. The van der Waals surface area contributed by atoms with Crippen molar-refractivity contribution in [2.75, 3.05) is 12.4 Å². The maximum atomic E-state index is 13.0. The number of nitrogens with one attached hydrogen (secondary N) is 2. The molecule has 0 fully saturated rings. The Labute approximate surface area is 171 Å². The molecule has 1 aromatic carbocycles. The molecule has 2 N–H and O–H groups in total. The molecule has 10 heteroatoms. The number of sulfonamides is 1. The highest BCUT2D eigenvalue weighted by molar-refractivity contribution is 7.89. The average Bonchev–Trinajstić information content (AvgIpc) is 3.09. The molecule has 0 radical (unpaired) electrons. The Kier molecular flexibility index (Phi) is 5.01. The molecular weight excluding hydrogens is 412 g/mol. The molecule has 3 aromatic rings. The van der Waals surface area contributed by atoms with E-state index < -0.39 is 21.5 Å². The first-order valence-electron chi connectivity index (χ1n) is 9.19. The Morgan fingerprint density at radius 2 is 2.00 bits per heavy atom. The van der Waals surface area contributed by atoms with Crippen LogP contribution in [0.1, 0.15) is 39.3 Å². The van der Waals surface area contributed by atoms with Crippen LogP contribution in [0, 0.1) is 6.92 Å². The molecule has 152 valence electrons. The van der Waals surface area contributed by atoms with Crippen molar-refractivity contribution in [3.63, 3.8) is 0 Å². The molecule has 0 bridgehead atoms. The molecular formula is C19H20N4O4S2. The van der Waals surface area contributed by atoms with Crippen molar-refractivity contribution in [3.05, 3.63) is 56.4 Å². The minimum atomic E-state index is -3.66. The second-order valence-electron chi connectivity index (χ2n) is 6.91. The van der Waals surface area contributed by atoms with Crippen molar-refractivity contribution >= 4 is 37.9 Å². The topological polar surface area (TPSA) is 110 Å². The summed E-state index contributed by atoms with van der Waals surface area (Å²) < 4.78 is 27.9. The fraction of sp³-hybridized carbons (Fsp3) is 0.316. The maximum Gasteiger partial charge on any atom is 0.271 e. The lowest BCUT2D eigenvalue weighted by molar-refractivity contribution is 0.102. The van der Waals surface area contributed by atoms with E-state index in [0.717, 1.165) is 36.3 Å². The lowest BCUT2D eigenvalue weighted by Crippen LogP contribution is -2.28. The fourth-order valence-electron chi connectivity index (χ4n) is 3.43. The number of carbonyl (C=O) groups is 1. The lowest BCUT2D eigenvalue weighted by atomic mass is 10.0. The highest BCUT2D eigenvalue weighted by atomic mass is 32.2. The van der Waals surface area contributed by atoms with E-state index in [1.54, 1.807) is 17.4 Å². The summed E-state index contributed by atoms with van der Waals surface area (Å²) in [5, 5.41) is 2.66. The lowest BCUT2D eigenvalue weighted by Gasteiger charge is -2.12. The Morgan fingerprint density at radius 1 is 1.24 bits per heavy atom. The van der Waals surface area contributed by atoms with Gasteiger partial charge in [0.05, 0.1) is 4.90 Å². The van der Waals surface area contributed by atoms with Crippen LogP contribution in [-0.2, 0) is 22.9 Å². The van der Waals surface area contributed by atoms with Crippen LogP contribution < -0.4 is 15.6 Å². The van der Waals surface area contributed by atoms with Crippen LogP contribution in [0.5, 0.6) is 0 Å². The Balaban J connectivity index is 1.73. The third-order valence-corrected chi connectivity index (χ3v) is 7.65. The smallest absolute Gasteiger partial charge is 0.271 e. The summed E-state index contributed by atoms with van der Waals surface area (Å²) in [6.45, 7) is 1.74. The number of rotatable bonds is 4. The number of benzene rings is 1. The van der Waals surface area contributed by atoms with Gasteiger partial charge < -0.3 is 5.32 Å². The van der Waals surface area contributed by atoms with Crippen molar-refractivity contribution in [1.29, 1.82) is 0 Å². The first-order valence-corrected chi connectivity index (χ1v) is 11.5. The van der Waals surface area contributed by atoms with Crippen LogP contribution in [-0.4, -0.2) is 30.8 Å². The maximum absolute atomic E-state index is 13.0. The highest BCUT2D eigenvalue weighted by Gasteiger charge is 2.22. The van der Waals surface area contributed by atoms with Gasteiger partial charge in [-0.2, -0.15) is 0 Å². The van der Waals surface area contributed by atoms with Gasteiger partial charge in [0, 0.05) is 22.5 Å². The number of fused-ring (bicyclic) bond motifs is 3. The zero-order valence-electron chi connectivity index (χ0n) is 16.0. The fourth-order valence-corrected chi connectivity index (χ4v) is 5.36. The SMILES string of the molecule is CNS(=O)(=O)c1ccc(C)c(NC(=O)c2cnc3sc4c(n3c2=O)CCCC4)c1. The molecule has 0 saturated heterocycles. The minimum Gasteiger partial charge on any atom is -0.321 e. The molecule has 0 aliphatic heterocycles. The number of thiazole rings is 1. The second kappa shape index (κ2) is 7.36. The summed E-state index contributed by atoms with van der Waals surface area (Å²) in [5.41, 5.74) is 1.47. The first-order chi connectivity index (χ1) is 13.8. The number of aryl methyl sites for hydroxylation is 3. The monoisotopic (exact) mass is 432 g/mol. The number of nitrogens with zero attached hydrogens (tertiary/aromatic N) is 2. The largest absolute Gasteiger partial charge is 0.321 e. The van der Waals surface area contributed by atoms with Crippen LogP contribution >= 0.6 is 11.3 Å². The van der Waals surface area contributed by atoms with Gasteiger partial charge in [-0.05, 0) is 57.4 Å². The Hall–Kier alpha value is -2.56. The molecule has 1 aliphatic rings. The van der Waals surface area contributed by atoms with E-state index in [4.69, 9.17) is 0 Å². The minimum absolute atomic E-state index is 0.0260. The standard InChI is InChI=1S/C19H20N4O4S2/c1-11-7-8-12(29(26,27)20-2)9-14(11)22-17(24)13-10-21-19-23(18(13)25)15-5-3-4-6-16(15)28-19/h7-10,20H,3-6H2,1-2H3,(H,22,24). The molecule has 2 heterocycles. The van der Waals surface area contributed by atoms with Gasteiger partial charge in [0.1, 0.15) is 5.56 Å². The third kappa shape index (κ3) is 3.47. The summed E-state index contributed by atoms with van der Waals surface area (Å²) in [7, 11) is -2.34. The molecule has 1 aliphatic carbocycles. The molecule has 0 unspecified atom stereocenters. The van der Waals surface area contributed by atoms with Crippen LogP contribution in [0.15, 0.2) is 34.1 Å². The predicted octanol–water partition coefficient (Wildman–Crippen LogP) is 2.10. The van der Waals surface area contributed by atoms with Gasteiger partial charge in [0.25, 0.3) is 11.5 Å². The number of hydrogen-bond acceptors (Lipinski definition) is 6. The van der Waals surface area contributed by atoms with Gasteiger partial charge in [-0.1, -0.05) is 6.07 Å². The highest BCUT2D eigenvalue weighted by Crippen LogP contribution is 2.28. The number of amides is 1. The van der Waals surface area contributed by atoms with Gasteiger partial charge in [0.15, 0.2) is 4.96 Å². The normalized spacial score (nSPS) is 14.0. The van der Waals surface area contributed by atoms with Crippen molar-refractivity contribution in [3.8, 4) is 0 Å². The summed E-state index contributed by atoms with van der Waals surface area (Å²) in [5.74, 6) is -0.616. The zero-order valence-corrected chi connectivity index (χ0v) is 17.6. The Bertz CT molecular complexity index is 1290. The molecule has 4 rings (SSSR count). The molecule has 0 atom stereocenters. The quantitative estimate of drug-likeness (QED) is 0.656. The van der Waals surface area contributed by atoms with E-state index in [2.05, 4.69) is 15.0 Å². The van der Waals surface area contributed by atoms with Gasteiger partial charge in [-0.3, -0.25) is 14.0 Å². The van der Waals surface area contributed by atoms with Crippen LogP contribution in [0.25, 0.3) is 4.96 Å². The zero-order chi connectivity index (χ0) is 20.8. The van der Waals surface area contributed by atoms with Gasteiger partial charge in [-0.15, -0.1) is 11.3 Å². The second-order valence-corrected chi connectivity index (χ2v) is 9.86. The van der Waals surface area contributed by atoms with Crippen LogP contribution in [0.3, 0.4) is 0 Å². The summed E-state index contributed by atoms with van der Waals surface area (Å²) >= 11 is 1.49. The molecule has 0 saturated carbocycles. The van der Waals surface area contributed by atoms with E-state index in [0.29, 0.717) is 16.2 Å². The van der Waals surface area contributed by atoms with Gasteiger partial charge in [-0.25, -0.2) is 18.1 Å². The van der Waals surface area contributed by atoms with Gasteiger partial charge in [0.2, 0.25) is 10.0 Å². The van der Waals surface area contributed by atoms with Crippen molar-refractivity contribution in [2.24, 2.45) is 0 Å². The van der Waals surface area contributed by atoms with E-state index in [1.807, 2.05) is 0 Å². The molecule has 29 heavy (non-hydrogen) atoms. The number of anilines is 1. The predicted molar refractivity (Wildman–Crippen MR) is 111 cm³/mol. The van der Waals surface area contributed by atoms with E-state index in [9.17, 15) is 18.0 Å². The van der Waals surface area contributed by atoms with Crippen molar-refractivity contribution in [1.82, 2.24) is 14.1 Å². The molecule has 0 spiro atoms.